The van der Waals surface area contributed by atoms with Gasteiger partial charge >= 0.3 is 0 Å². The Hall–Kier alpha value is -3.35. The van der Waals surface area contributed by atoms with E-state index in [1.807, 2.05) is 6.92 Å². The molecule has 1 aliphatic heterocycles. The Kier molecular flexibility index (Phi) is 5.17. The first kappa shape index (κ1) is 17.5. The number of anilines is 2. The average Bonchev–Trinajstić information content (AvgIpc) is 2.74. The Morgan fingerprint density at radius 3 is 2.65 bits per heavy atom. The first-order chi connectivity index (χ1) is 12.6. The van der Waals surface area contributed by atoms with Crippen molar-refractivity contribution in [1.82, 2.24) is 5.32 Å². The minimum atomic E-state index is -0.964. The van der Waals surface area contributed by atoms with Crippen molar-refractivity contribution >= 4 is 29.1 Å². The summed E-state index contributed by atoms with van der Waals surface area (Å²) in [6.07, 6.45) is -0.188. The Labute approximate surface area is 150 Å². The van der Waals surface area contributed by atoms with Crippen molar-refractivity contribution < 1.29 is 19.1 Å². The predicted octanol–water partition coefficient (Wildman–Crippen LogP) is 2.16. The summed E-state index contributed by atoms with van der Waals surface area (Å²) in [6.45, 7) is 2.31. The molecule has 26 heavy (non-hydrogen) atoms. The van der Waals surface area contributed by atoms with Crippen molar-refractivity contribution in [1.29, 1.82) is 0 Å². The maximum absolute atomic E-state index is 12.4. The number of fused-ring (bicyclic) bond motifs is 1. The summed E-state index contributed by atoms with van der Waals surface area (Å²) in [4.78, 5) is 37.0. The van der Waals surface area contributed by atoms with Gasteiger partial charge in [0.25, 0.3) is 5.91 Å². The third-order valence-electron chi connectivity index (χ3n) is 3.90. The van der Waals surface area contributed by atoms with Crippen LogP contribution in [0.3, 0.4) is 0 Å². The average molecular weight is 353 g/mol. The fraction of sp³-hybridized carbons (Fsp3) is 0.211. The van der Waals surface area contributed by atoms with Gasteiger partial charge in [-0.3, -0.25) is 14.4 Å². The highest BCUT2D eigenvalue weighted by Gasteiger charge is 2.29. The molecular weight excluding hydrogens is 334 g/mol. The lowest BCUT2D eigenvalue weighted by Crippen LogP contribution is -2.43. The maximum Gasteiger partial charge on any atom is 0.254 e. The molecule has 7 heteroatoms. The summed E-state index contributed by atoms with van der Waals surface area (Å²) in [6, 6.07) is 12.8. The zero-order valence-electron chi connectivity index (χ0n) is 14.2. The molecule has 0 saturated carbocycles. The Balaban J connectivity index is 1.70. The Morgan fingerprint density at radius 2 is 1.85 bits per heavy atom. The van der Waals surface area contributed by atoms with E-state index in [-0.39, 0.29) is 6.42 Å². The quantitative estimate of drug-likeness (QED) is 0.767. The molecule has 1 heterocycles. The van der Waals surface area contributed by atoms with Crippen LogP contribution in [0.4, 0.5) is 11.4 Å². The lowest BCUT2D eigenvalue weighted by molar-refractivity contribution is -0.122. The van der Waals surface area contributed by atoms with Gasteiger partial charge < -0.3 is 20.7 Å². The number of hydrogen-bond donors (Lipinski definition) is 3. The molecule has 0 saturated heterocycles. The van der Waals surface area contributed by atoms with Crippen LogP contribution in [0.1, 0.15) is 23.7 Å². The highest BCUT2D eigenvalue weighted by atomic mass is 16.5. The summed E-state index contributed by atoms with van der Waals surface area (Å²) < 4.78 is 5.46. The van der Waals surface area contributed by atoms with Gasteiger partial charge in [0.2, 0.25) is 11.8 Å². The second-order valence-electron chi connectivity index (χ2n) is 5.74. The lowest BCUT2D eigenvalue weighted by atomic mass is 10.1. The minimum absolute atomic E-state index is 0.188. The van der Waals surface area contributed by atoms with Gasteiger partial charge in [-0.05, 0) is 31.2 Å². The summed E-state index contributed by atoms with van der Waals surface area (Å²) in [7, 11) is 0. The van der Waals surface area contributed by atoms with Crippen LogP contribution in [0.5, 0.6) is 5.75 Å². The molecule has 134 valence electrons. The number of amides is 3. The van der Waals surface area contributed by atoms with Crippen molar-refractivity contribution in [2.24, 2.45) is 0 Å². The minimum Gasteiger partial charge on any atom is -0.492 e. The number of nitrogens with one attached hydrogen (secondary N) is 3. The van der Waals surface area contributed by atoms with E-state index in [0.717, 1.165) is 0 Å². The van der Waals surface area contributed by atoms with Gasteiger partial charge in [0.15, 0.2) is 0 Å². The second kappa shape index (κ2) is 7.69. The molecule has 7 nitrogen and oxygen atoms in total. The van der Waals surface area contributed by atoms with Crippen molar-refractivity contribution in [3.8, 4) is 5.75 Å². The number of carbonyl (C=O) groups is 3. The van der Waals surface area contributed by atoms with Crippen molar-refractivity contribution in [3.05, 3.63) is 54.1 Å². The molecule has 0 spiro atoms. The van der Waals surface area contributed by atoms with E-state index in [9.17, 15) is 14.4 Å². The summed E-state index contributed by atoms with van der Waals surface area (Å²) >= 11 is 0. The van der Waals surface area contributed by atoms with Gasteiger partial charge in [-0.25, -0.2) is 0 Å². The normalized spacial score (nSPS) is 16.0. The van der Waals surface area contributed by atoms with Crippen LogP contribution in [-0.4, -0.2) is 30.4 Å². The molecular formula is C19H19N3O4. The molecule has 0 bridgehead atoms. The number of rotatable bonds is 5. The van der Waals surface area contributed by atoms with Crippen LogP contribution in [0, 0.1) is 0 Å². The lowest BCUT2D eigenvalue weighted by Gasteiger charge is -2.15. The topological polar surface area (TPSA) is 96.5 Å². The molecule has 0 radical (unpaired) electrons. The molecule has 3 N–H and O–H groups in total. The van der Waals surface area contributed by atoms with Crippen LogP contribution in [0.2, 0.25) is 0 Å². The summed E-state index contributed by atoms with van der Waals surface area (Å²) in [5.41, 5.74) is 1.31. The van der Waals surface area contributed by atoms with Gasteiger partial charge in [0.1, 0.15) is 11.8 Å². The first-order valence-electron chi connectivity index (χ1n) is 8.31. The largest absolute Gasteiger partial charge is 0.492 e. The van der Waals surface area contributed by atoms with Crippen LogP contribution >= 0.6 is 0 Å². The van der Waals surface area contributed by atoms with E-state index < -0.39 is 23.8 Å². The van der Waals surface area contributed by atoms with Gasteiger partial charge in [-0.15, -0.1) is 0 Å². The molecule has 0 aliphatic carbocycles. The third-order valence-corrected chi connectivity index (χ3v) is 3.90. The SMILES string of the molecule is CCOc1ccccc1NC(=O)C[C@H]1NC(=O)c2ccccc2NC1=O. The summed E-state index contributed by atoms with van der Waals surface area (Å²) in [5.74, 6) is -0.684. The Bertz CT molecular complexity index is 850. The zero-order chi connectivity index (χ0) is 18.5. The molecule has 1 aliphatic rings. The molecule has 3 amide bonds. The van der Waals surface area contributed by atoms with Gasteiger partial charge in [0.05, 0.1) is 30.0 Å². The van der Waals surface area contributed by atoms with Crippen LogP contribution in [0.25, 0.3) is 0 Å². The standard InChI is InChI=1S/C19H19N3O4/c1-2-26-16-10-6-5-9-14(16)20-17(23)11-15-19(25)21-13-8-4-3-7-12(13)18(24)22-15/h3-10,15H,2,11H2,1H3,(H,20,23)(H,21,25)(H,22,24)/t15-/m1/s1. The van der Waals surface area contributed by atoms with Gasteiger partial charge in [0, 0.05) is 0 Å². The Morgan fingerprint density at radius 1 is 1.12 bits per heavy atom. The fourth-order valence-corrected chi connectivity index (χ4v) is 2.69. The molecule has 2 aromatic carbocycles. The molecule has 1 atom stereocenters. The highest BCUT2D eigenvalue weighted by molar-refractivity contribution is 6.11. The van der Waals surface area contributed by atoms with Crippen molar-refractivity contribution in [3.63, 3.8) is 0 Å². The zero-order valence-corrected chi connectivity index (χ0v) is 14.2. The number of carbonyl (C=O) groups excluding carboxylic acids is 3. The van der Waals surface area contributed by atoms with E-state index in [0.29, 0.717) is 29.3 Å². The fourth-order valence-electron chi connectivity index (χ4n) is 2.69. The van der Waals surface area contributed by atoms with Gasteiger partial charge in [-0.2, -0.15) is 0 Å². The van der Waals surface area contributed by atoms with Gasteiger partial charge in [-0.1, -0.05) is 24.3 Å². The monoisotopic (exact) mass is 353 g/mol. The maximum atomic E-state index is 12.4. The number of hydrogen-bond acceptors (Lipinski definition) is 4. The molecule has 0 unspecified atom stereocenters. The number of para-hydroxylation sites is 3. The van der Waals surface area contributed by atoms with E-state index in [4.69, 9.17) is 4.74 Å². The van der Waals surface area contributed by atoms with E-state index in [1.54, 1.807) is 48.5 Å². The van der Waals surface area contributed by atoms with E-state index >= 15 is 0 Å². The molecule has 0 aromatic heterocycles. The molecule has 2 aromatic rings. The first-order valence-corrected chi connectivity index (χ1v) is 8.31. The smallest absolute Gasteiger partial charge is 0.254 e. The summed E-state index contributed by atoms with van der Waals surface area (Å²) in [5, 5.41) is 8.00. The molecule has 0 fully saturated rings. The predicted molar refractivity (Wildman–Crippen MR) is 97.2 cm³/mol. The second-order valence-corrected chi connectivity index (χ2v) is 5.74. The van der Waals surface area contributed by atoms with Crippen LogP contribution in [0.15, 0.2) is 48.5 Å². The molecule has 3 rings (SSSR count). The van der Waals surface area contributed by atoms with E-state index in [2.05, 4.69) is 16.0 Å². The number of ether oxygens (including phenoxy) is 1. The van der Waals surface area contributed by atoms with Crippen LogP contribution in [-0.2, 0) is 9.59 Å². The van der Waals surface area contributed by atoms with Crippen molar-refractivity contribution in [2.45, 2.75) is 19.4 Å². The number of benzene rings is 2. The van der Waals surface area contributed by atoms with Crippen molar-refractivity contribution in [2.75, 3.05) is 17.2 Å². The van der Waals surface area contributed by atoms with Crippen LogP contribution < -0.4 is 20.7 Å². The van der Waals surface area contributed by atoms with E-state index in [1.165, 1.54) is 0 Å². The third kappa shape index (κ3) is 3.83. The highest BCUT2D eigenvalue weighted by Crippen LogP contribution is 2.24.